The fourth-order valence-corrected chi connectivity index (χ4v) is 1.88. The Labute approximate surface area is 85.9 Å². The van der Waals surface area contributed by atoms with Crippen LogP contribution in [0.4, 0.5) is 5.69 Å². The normalized spacial score (nSPS) is 10.3. The van der Waals surface area contributed by atoms with Crippen LogP contribution in [-0.2, 0) is 3.74 Å². The van der Waals surface area contributed by atoms with Gasteiger partial charge in [0.25, 0.3) is 0 Å². The van der Waals surface area contributed by atoms with E-state index in [1.165, 1.54) is 5.69 Å². The van der Waals surface area contributed by atoms with E-state index in [1.807, 2.05) is 24.3 Å². The number of benzene rings is 1. The Bertz CT molecular complexity index is 267. The Morgan fingerprint density at radius 3 is 2.08 bits per heavy atom. The molecule has 1 aromatic rings. The van der Waals surface area contributed by atoms with E-state index in [9.17, 15) is 3.74 Å². The summed E-state index contributed by atoms with van der Waals surface area (Å²) in [5, 5.41) is 0. The molecular weight excluding hydrogens is 225 g/mol. The van der Waals surface area contributed by atoms with Crippen molar-refractivity contribution in [2.75, 3.05) is 18.0 Å². The van der Waals surface area contributed by atoms with Crippen molar-refractivity contribution in [2.24, 2.45) is 0 Å². The van der Waals surface area contributed by atoms with E-state index in [2.05, 4.69) is 18.7 Å². The second-order valence-electron chi connectivity index (χ2n) is 2.78. The van der Waals surface area contributed by atoms with Crippen molar-refractivity contribution in [3.05, 3.63) is 24.3 Å². The van der Waals surface area contributed by atoms with E-state index in [1.54, 1.807) is 0 Å². The average Bonchev–Trinajstić information content (AvgIpc) is 2.21. The summed E-state index contributed by atoms with van der Waals surface area (Å²) >= 11 is -0.872. The molecule has 3 heteroatoms. The molecule has 0 fully saturated rings. The first-order chi connectivity index (χ1) is 6.31. The molecule has 13 heavy (non-hydrogen) atoms. The van der Waals surface area contributed by atoms with Crippen molar-refractivity contribution in [1.29, 1.82) is 0 Å². The van der Waals surface area contributed by atoms with Crippen LogP contribution >= 0.6 is 0 Å². The van der Waals surface area contributed by atoms with Crippen molar-refractivity contribution < 1.29 is 3.74 Å². The van der Waals surface area contributed by atoms with Crippen LogP contribution in [-0.4, -0.2) is 28.8 Å². The van der Waals surface area contributed by atoms with Gasteiger partial charge in [0, 0.05) is 0 Å². The molecule has 0 aromatic heterocycles. The molecule has 0 bridgehead atoms. The molecule has 0 spiro atoms. The third kappa shape index (κ3) is 2.67. The molecular formula is C10H14AsNO. The molecule has 0 N–H and O–H groups in total. The summed E-state index contributed by atoms with van der Waals surface area (Å²) in [5.41, 5.74) is 1.21. The summed E-state index contributed by atoms with van der Waals surface area (Å²) in [6, 6.07) is 7.97. The number of anilines is 1. The minimum atomic E-state index is -0.872. The van der Waals surface area contributed by atoms with Crippen LogP contribution in [0.1, 0.15) is 13.8 Å². The van der Waals surface area contributed by atoms with Crippen molar-refractivity contribution in [3.8, 4) is 0 Å². The maximum atomic E-state index is 10.6. The van der Waals surface area contributed by atoms with Gasteiger partial charge in [-0.05, 0) is 0 Å². The number of hydrogen-bond acceptors (Lipinski definition) is 2. The number of rotatable bonds is 4. The first-order valence-electron chi connectivity index (χ1n) is 4.50. The number of hydrogen-bond donors (Lipinski definition) is 0. The van der Waals surface area contributed by atoms with Crippen LogP contribution in [0.5, 0.6) is 0 Å². The molecule has 0 saturated carbocycles. The number of nitrogens with zero attached hydrogens (tertiary/aromatic N) is 1. The molecule has 0 unspecified atom stereocenters. The van der Waals surface area contributed by atoms with Crippen LogP contribution in [0, 0.1) is 0 Å². The van der Waals surface area contributed by atoms with Gasteiger partial charge < -0.3 is 0 Å². The molecule has 0 amide bonds. The van der Waals surface area contributed by atoms with Gasteiger partial charge in [0.2, 0.25) is 0 Å². The molecule has 0 saturated heterocycles. The Hall–Kier alpha value is -0.622. The standard InChI is InChI=1S/C10H14AsNO/c1-3-12(4-2)10-7-5-9(11-13)6-8-10/h5-8H,3-4H2,1-2H3. The fraction of sp³-hybridized carbons (Fsp3) is 0.400. The quantitative estimate of drug-likeness (QED) is 0.736. The van der Waals surface area contributed by atoms with Gasteiger partial charge in [0.1, 0.15) is 0 Å². The molecule has 1 rings (SSSR count). The molecule has 0 aliphatic rings. The Balaban J connectivity index is 2.83. The topological polar surface area (TPSA) is 20.3 Å². The van der Waals surface area contributed by atoms with Crippen LogP contribution in [0.2, 0.25) is 0 Å². The first-order valence-corrected chi connectivity index (χ1v) is 6.20. The zero-order valence-electron chi connectivity index (χ0n) is 8.03. The van der Waals surface area contributed by atoms with E-state index in [0.29, 0.717) is 0 Å². The van der Waals surface area contributed by atoms with Crippen molar-refractivity contribution in [1.82, 2.24) is 0 Å². The molecule has 2 nitrogen and oxygen atoms in total. The van der Waals surface area contributed by atoms with Gasteiger partial charge in [-0.3, -0.25) is 0 Å². The average molecular weight is 239 g/mol. The van der Waals surface area contributed by atoms with Gasteiger partial charge in [-0.25, -0.2) is 0 Å². The summed E-state index contributed by atoms with van der Waals surface area (Å²) in [7, 11) is 0. The zero-order chi connectivity index (χ0) is 9.68. The predicted octanol–water partition coefficient (Wildman–Crippen LogP) is 1.21. The first kappa shape index (κ1) is 10.5. The molecule has 0 heterocycles. The van der Waals surface area contributed by atoms with Gasteiger partial charge in [-0.2, -0.15) is 0 Å². The van der Waals surface area contributed by atoms with Crippen molar-refractivity contribution in [2.45, 2.75) is 13.8 Å². The second kappa shape index (κ2) is 5.18. The van der Waals surface area contributed by atoms with Gasteiger partial charge in [-0.15, -0.1) is 0 Å². The summed E-state index contributed by atoms with van der Waals surface area (Å²) < 4.78 is 11.6. The van der Waals surface area contributed by atoms with E-state index in [4.69, 9.17) is 0 Å². The summed E-state index contributed by atoms with van der Waals surface area (Å²) in [4.78, 5) is 2.27. The van der Waals surface area contributed by atoms with E-state index >= 15 is 0 Å². The van der Waals surface area contributed by atoms with E-state index < -0.39 is 15.7 Å². The third-order valence-electron chi connectivity index (χ3n) is 2.08. The molecule has 0 radical (unpaired) electrons. The molecule has 0 aliphatic carbocycles. The molecule has 0 atom stereocenters. The molecule has 1 aromatic carbocycles. The second-order valence-corrected chi connectivity index (χ2v) is 4.25. The van der Waals surface area contributed by atoms with Crippen molar-refractivity contribution in [3.63, 3.8) is 0 Å². The summed E-state index contributed by atoms with van der Waals surface area (Å²) in [5.74, 6) is 0. The van der Waals surface area contributed by atoms with Crippen LogP contribution in [0.25, 0.3) is 0 Å². The molecule has 70 valence electrons. The van der Waals surface area contributed by atoms with Gasteiger partial charge >= 0.3 is 85.6 Å². The van der Waals surface area contributed by atoms with Crippen LogP contribution < -0.4 is 9.25 Å². The summed E-state index contributed by atoms with van der Waals surface area (Å²) in [6.07, 6.45) is 0. The van der Waals surface area contributed by atoms with Gasteiger partial charge in [0.05, 0.1) is 0 Å². The Kier molecular flexibility index (Phi) is 4.17. The van der Waals surface area contributed by atoms with Crippen molar-refractivity contribution >= 4 is 25.7 Å². The van der Waals surface area contributed by atoms with E-state index in [0.717, 1.165) is 17.4 Å². The van der Waals surface area contributed by atoms with Gasteiger partial charge in [0.15, 0.2) is 0 Å². The van der Waals surface area contributed by atoms with Crippen LogP contribution in [0.3, 0.4) is 0 Å². The third-order valence-corrected chi connectivity index (χ3v) is 3.15. The monoisotopic (exact) mass is 239 g/mol. The van der Waals surface area contributed by atoms with E-state index in [-0.39, 0.29) is 0 Å². The van der Waals surface area contributed by atoms with Crippen LogP contribution in [0.15, 0.2) is 24.3 Å². The predicted molar refractivity (Wildman–Crippen MR) is 56.1 cm³/mol. The Morgan fingerprint density at radius 1 is 1.15 bits per heavy atom. The summed E-state index contributed by atoms with van der Waals surface area (Å²) in [6.45, 7) is 6.30. The molecule has 0 aliphatic heterocycles. The zero-order valence-corrected chi connectivity index (χ0v) is 9.90. The Morgan fingerprint density at radius 2 is 1.69 bits per heavy atom. The SMILES string of the molecule is CCN(CC)c1ccc([As]=O)cc1. The fourth-order valence-electron chi connectivity index (χ4n) is 1.31. The minimum absolute atomic E-state index is 0.872. The van der Waals surface area contributed by atoms with Gasteiger partial charge in [-0.1, -0.05) is 0 Å². The maximum absolute atomic E-state index is 10.6.